The molecule has 0 fully saturated rings. The van der Waals surface area contributed by atoms with E-state index in [4.69, 9.17) is 9.47 Å². The fraction of sp³-hybridized carbons (Fsp3) is 0.316. The number of rotatable bonds is 6. The summed E-state index contributed by atoms with van der Waals surface area (Å²) in [5.41, 5.74) is 3.14. The third kappa shape index (κ3) is 4.06. The molecule has 1 amide bonds. The van der Waals surface area contributed by atoms with Crippen LogP contribution in [0.5, 0.6) is 11.5 Å². The van der Waals surface area contributed by atoms with Crippen molar-refractivity contribution in [3.05, 3.63) is 53.6 Å². The molecule has 0 radical (unpaired) electrons. The third-order valence-corrected chi connectivity index (χ3v) is 3.92. The molecule has 5 nitrogen and oxygen atoms in total. The molecule has 2 aromatic carbocycles. The first kappa shape index (κ1) is 16.3. The van der Waals surface area contributed by atoms with Gasteiger partial charge in [-0.2, -0.15) is 0 Å². The summed E-state index contributed by atoms with van der Waals surface area (Å²) in [4.78, 5) is 14.2. The van der Waals surface area contributed by atoms with Crippen molar-refractivity contribution in [2.24, 2.45) is 0 Å². The number of hydrogen-bond donors (Lipinski definition) is 1. The first-order valence-corrected chi connectivity index (χ1v) is 8.10. The molecule has 5 heteroatoms. The number of anilines is 1. The number of carbonyl (C=O) groups excluding carboxylic acids is 1. The van der Waals surface area contributed by atoms with Gasteiger partial charge in [-0.05, 0) is 48.9 Å². The molecule has 0 spiro atoms. The summed E-state index contributed by atoms with van der Waals surface area (Å²) < 4.78 is 10.7. The number of amides is 1. The van der Waals surface area contributed by atoms with E-state index in [1.54, 1.807) is 0 Å². The molecule has 0 bridgehead atoms. The SMILES string of the molecule is CCc1cccc(NC(=O)CN(C)Cc2ccc3c(c2)OCO3)c1. The van der Waals surface area contributed by atoms with E-state index in [-0.39, 0.29) is 12.7 Å². The maximum atomic E-state index is 12.2. The number of likely N-dealkylation sites (N-methyl/N-ethyl adjacent to an activating group) is 1. The predicted octanol–water partition coefficient (Wildman–Crippen LogP) is 3.05. The fourth-order valence-electron chi connectivity index (χ4n) is 2.72. The molecule has 126 valence electrons. The van der Waals surface area contributed by atoms with Gasteiger partial charge in [-0.15, -0.1) is 0 Å². The van der Waals surface area contributed by atoms with Crippen LogP contribution in [0.25, 0.3) is 0 Å². The van der Waals surface area contributed by atoms with Gasteiger partial charge in [0, 0.05) is 12.2 Å². The van der Waals surface area contributed by atoms with Gasteiger partial charge in [-0.1, -0.05) is 25.1 Å². The number of carbonyl (C=O) groups is 1. The average Bonchev–Trinajstić information content (AvgIpc) is 3.02. The van der Waals surface area contributed by atoms with Crippen LogP contribution in [0.1, 0.15) is 18.1 Å². The van der Waals surface area contributed by atoms with Crippen LogP contribution >= 0.6 is 0 Å². The maximum absolute atomic E-state index is 12.2. The molecule has 0 atom stereocenters. The van der Waals surface area contributed by atoms with Crippen molar-refractivity contribution in [1.29, 1.82) is 0 Å². The molecular formula is C19H22N2O3. The summed E-state index contributed by atoms with van der Waals surface area (Å²) in [6.07, 6.45) is 0.952. The minimum atomic E-state index is -0.0218. The Labute approximate surface area is 142 Å². The van der Waals surface area contributed by atoms with Crippen LogP contribution in [0, 0.1) is 0 Å². The maximum Gasteiger partial charge on any atom is 0.238 e. The second-order valence-corrected chi connectivity index (χ2v) is 5.96. The monoisotopic (exact) mass is 326 g/mol. The molecule has 0 unspecified atom stereocenters. The van der Waals surface area contributed by atoms with Gasteiger partial charge in [0.2, 0.25) is 12.7 Å². The van der Waals surface area contributed by atoms with E-state index in [0.29, 0.717) is 13.1 Å². The van der Waals surface area contributed by atoms with Crippen LogP contribution in [0.3, 0.4) is 0 Å². The van der Waals surface area contributed by atoms with Gasteiger partial charge in [0.1, 0.15) is 0 Å². The number of aryl methyl sites for hydroxylation is 1. The van der Waals surface area contributed by atoms with Gasteiger partial charge in [-0.3, -0.25) is 9.69 Å². The fourth-order valence-corrected chi connectivity index (χ4v) is 2.72. The van der Waals surface area contributed by atoms with E-state index >= 15 is 0 Å². The lowest BCUT2D eigenvalue weighted by atomic mass is 10.1. The Morgan fingerprint density at radius 1 is 1.12 bits per heavy atom. The normalized spacial score (nSPS) is 12.5. The highest BCUT2D eigenvalue weighted by atomic mass is 16.7. The largest absolute Gasteiger partial charge is 0.454 e. The van der Waals surface area contributed by atoms with Crippen molar-refractivity contribution >= 4 is 11.6 Å². The number of benzene rings is 2. The molecule has 0 saturated carbocycles. The van der Waals surface area contributed by atoms with Gasteiger partial charge >= 0.3 is 0 Å². The molecule has 0 aliphatic carbocycles. The third-order valence-electron chi connectivity index (χ3n) is 3.92. The van der Waals surface area contributed by atoms with Crippen LogP contribution in [0.2, 0.25) is 0 Å². The number of nitrogens with one attached hydrogen (secondary N) is 1. The quantitative estimate of drug-likeness (QED) is 0.886. The van der Waals surface area contributed by atoms with Crippen molar-refractivity contribution in [1.82, 2.24) is 4.90 Å². The van der Waals surface area contributed by atoms with Gasteiger partial charge in [-0.25, -0.2) is 0 Å². The summed E-state index contributed by atoms with van der Waals surface area (Å²) in [5.74, 6) is 1.52. The summed E-state index contributed by atoms with van der Waals surface area (Å²) in [6, 6.07) is 13.8. The number of fused-ring (bicyclic) bond motifs is 1. The van der Waals surface area contributed by atoms with Crippen LogP contribution in [-0.2, 0) is 17.8 Å². The molecule has 1 heterocycles. The van der Waals surface area contributed by atoms with Crippen molar-refractivity contribution in [2.45, 2.75) is 19.9 Å². The number of ether oxygens (including phenoxy) is 2. The highest BCUT2D eigenvalue weighted by Gasteiger charge is 2.14. The predicted molar refractivity (Wildman–Crippen MR) is 93.3 cm³/mol. The van der Waals surface area contributed by atoms with Gasteiger partial charge in [0.15, 0.2) is 11.5 Å². The van der Waals surface area contributed by atoms with Crippen LogP contribution < -0.4 is 14.8 Å². The lowest BCUT2D eigenvalue weighted by molar-refractivity contribution is -0.117. The Hall–Kier alpha value is -2.53. The topological polar surface area (TPSA) is 50.8 Å². The molecule has 3 rings (SSSR count). The summed E-state index contributed by atoms with van der Waals surface area (Å²) in [5, 5.41) is 2.95. The zero-order chi connectivity index (χ0) is 16.9. The minimum absolute atomic E-state index is 0.0218. The zero-order valence-corrected chi connectivity index (χ0v) is 14.0. The molecule has 24 heavy (non-hydrogen) atoms. The Kier molecular flexibility index (Phi) is 5.01. The van der Waals surface area contributed by atoms with Crippen LogP contribution in [-0.4, -0.2) is 31.2 Å². The molecule has 0 aromatic heterocycles. The second kappa shape index (κ2) is 7.36. The Morgan fingerprint density at radius 3 is 2.79 bits per heavy atom. The van der Waals surface area contributed by atoms with Gasteiger partial charge in [0.05, 0.1) is 6.54 Å². The Bertz CT molecular complexity index is 730. The molecule has 2 aromatic rings. The highest BCUT2D eigenvalue weighted by Crippen LogP contribution is 2.32. The van der Waals surface area contributed by atoms with Crippen molar-refractivity contribution in [3.63, 3.8) is 0 Å². The van der Waals surface area contributed by atoms with E-state index in [9.17, 15) is 4.79 Å². The first-order valence-electron chi connectivity index (χ1n) is 8.10. The number of hydrogen-bond acceptors (Lipinski definition) is 4. The van der Waals surface area contributed by atoms with Crippen LogP contribution in [0.4, 0.5) is 5.69 Å². The molecule has 0 saturated heterocycles. The molecule has 1 aliphatic heterocycles. The van der Waals surface area contributed by atoms with Crippen molar-refractivity contribution in [2.75, 3.05) is 25.7 Å². The standard InChI is InChI=1S/C19H22N2O3/c1-3-14-5-4-6-16(9-14)20-19(22)12-21(2)11-15-7-8-17-18(10-15)24-13-23-17/h4-10H,3,11-13H2,1-2H3,(H,20,22). The second-order valence-electron chi connectivity index (χ2n) is 5.96. The lowest BCUT2D eigenvalue weighted by Gasteiger charge is -2.17. The smallest absolute Gasteiger partial charge is 0.238 e. The Balaban J connectivity index is 1.54. The molecular weight excluding hydrogens is 304 g/mol. The Morgan fingerprint density at radius 2 is 1.96 bits per heavy atom. The van der Waals surface area contributed by atoms with Crippen molar-refractivity contribution in [3.8, 4) is 11.5 Å². The van der Waals surface area contributed by atoms with E-state index in [1.807, 2.05) is 48.3 Å². The zero-order valence-electron chi connectivity index (χ0n) is 14.0. The summed E-state index contributed by atoms with van der Waals surface area (Å²) in [6.45, 7) is 3.36. The van der Waals surface area contributed by atoms with Crippen molar-refractivity contribution < 1.29 is 14.3 Å². The molecule has 1 aliphatic rings. The minimum Gasteiger partial charge on any atom is -0.454 e. The first-order chi connectivity index (χ1) is 11.6. The highest BCUT2D eigenvalue weighted by molar-refractivity contribution is 5.92. The summed E-state index contributed by atoms with van der Waals surface area (Å²) in [7, 11) is 1.92. The molecule has 1 N–H and O–H groups in total. The lowest BCUT2D eigenvalue weighted by Crippen LogP contribution is -2.29. The van der Waals surface area contributed by atoms with Gasteiger partial charge in [0.25, 0.3) is 0 Å². The number of nitrogens with zero attached hydrogens (tertiary/aromatic N) is 1. The van der Waals surface area contributed by atoms with E-state index < -0.39 is 0 Å². The summed E-state index contributed by atoms with van der Waals surface area (Å²) >= 11 is 0. The van der Waals surface area contributed by atoms with Gasteiger partial charge < -0.3 is 14.8 Å². The van der Waals surface area contributed by atoms with E-state index in [1.165, 1.54) is 5.56 Å². The van der Waals surface area contributed by atoms with E-state index in [2.05, 4.69) is 18.3 Å². The van der Waals surface area contributed by atoms with E-state index in [0.717, 1.165) is 29.2 Å². The van der Waals surface area contributed by atoms with Crippen LogP contribution in [0.15, 0.2) is 42.5 Å². The average molecular weight is 326 g/mol.